The molecule has 3 aliphatic rings. The van der Waals surface area contributed by atoms with Crippen molar-refractivity contribution in [2.24, 2.45) is 11.8 Å². The van der Waals surface area contributed by atoms with Crippen LogP contribution >= 0.6 is 11.6 Å². The first kappa shape index (κ1) is 35.9. The first-order chi connectivity index (χ1) is 22.6. The predicted octanol–water partition coefficient (Wildman–Crippen LogP) is 6.36. The summed E-state index contributed by atoms with van der Waals surface area (Å²) >= 11 is 6.18. The molecule has 1 saturated carbocycles. The number of carbonyl (C=O) groups is 3. The number of ether oxygens (including phenoxy) is 1. The number of hydrogen-bond acceptors (Lipinski definition) is 7. The number of nitrogens with one attached hydrogen (secondary N) is 2. The highest BCUT2D eigenvalue weighted by molar-refractivity contribution is 6.30. The number of nitrogens with zero attached hydrogens (tertiary/aromatic N) is 3. The zero-order chi connectivity index (χ0) is 34.9. The average molecular weight is 692 g/mol. The Morgan fingerprint density at radius 1 is 1.00 bits per heavy atom. The van der Waals surface area contributed by atoms with Gasteiger partial charge in [0.25, 0.3) is 5.91 Å². The van der Waals surface area contributed by atoms with Crippen LogP contribution in [0.4, 0.5) is 23.8 Å². The largest absolute Gasteiger partial charge is 0.446 e. The summed E-state index contributed by atoms with van der Waals surface area (Å²) in [6.45, 7) is 7.51. The van der Waals surface area contributed by atoms with Crippen LogP contribution in [0.25, 0.3) is 0 Å². The average Bonchev–Trinajstić information content (AvgIpc) is 3.49. The number of pyridine rings is 1. The van der Waals surface area contributed by atoms with E-state index in [9.17, 15) is 27.6 Å². The number of amides is 2. The second-order valence-corrected chi connectivity index (χ2v) is 14.8. The molecule has 2 aromatic rings. The van der Waals surface area contributed by atoms with Gasteiger partial charge in [0.2, 0.25) is 0 Å². The molecule has 3 heterocycles. The third kappa shape index (κ3) is 7.91. The topological polar surface area (TPSA) is 104 Å². The van der Waals surface area contributed by atoms with Crippen LogP contribution in [0.1, 0.15) is 81.1 Å². The van der Waals surface area contributed by atoms with Crippen LogP contribution in [0.15, 0.2) is 42.6 Å². The highest BCUT2D eigenvalue weighted by Crippen LogP contribution is 2.42. The van der Waals surface area contributed by atoms with E-state index in [-0.39, 0.29) is 55.4 Å². The van der Waals surface area contributed by atoms with Gasteiger partial charge in [0.1, 0.15) is 17.5 Å². The van der Waals surface area contributed by atoms with Crippen molar-refractivity contribution in [1.29, 1.82) is 0 Å². The highest BCUT2D eigenvalue weighted by atomic mass is 35.5. The van der Waals surface area contributed by atoms with Gasteiger partial charge < -0.3 is 20.3 Å². The van der Waals surface area contributed by atoms with Crippen molar-refractivity contribution >= 4 is 35.2 Å². The Bertz CT molecular complexity index is 1450. The van der Waals surface area contributed by atoms with Crippen LogP contribution in [-0.4, -0.2) is 84.3 Å². The Morgan fingerprint density at radius 3 is 2.21 bits per heavy atom. The molecule has 0 radical (unpaired) electrons. The fourth-order valence-corrected chi connectivity index (χ4v) is 7.43. The van der Waals surface area contributed by atoms with E-state index >= 15 is 0 Å². The van der Waals surface area contributed by atoms with Gasteiger partial charge in [-0.25, -0.2) is 9.78 Å². The molecule has 5 rings (SSSR count). The minimum Gasteiger partial charge on any atom is -0.446 e. The number of hydrogen-bond donors (Lipinski definition) is 2. The molecular weight excluding hydrogens is 647 g/mol. The molecular formula is C35H45ClF3N5O4. The summed E-state index contributed by atoms with van der Waals surface area (Å²) in [5.41, 5.74) is -0.336. The van der Waals surface area contributed by atoms with Gasteiger partial charge in [0.05, 0.1) is 11.5 Å². The predicted molar refractivity (Wildman–Crippen MR) is 177 cm³/mol. The van der Waals surface area contributed by atoms with Crippen LogP contribution in [0, 0.1) is 11.8 Å². The normalized spacial score (nSPS) is 25.4. The van der Waals surface area contributed by atoms with Gasteiger partial charge in [-0.15, -0.1) is 0 Å². The molecule has 13 heteroatoms. The number of aromatic nitrogens is 1. The lowest BCUT2D eigenvalue weighted by Gasteiger charge is -2.44. The molecule has 2 atom stereocenters. The fourth-order valence-electron chi connectivity index (χ4n) is 7.30. The van der Waals surface area contributed by atoms with Gasteiger partial charge in [-0.3, -0.25) is 14.5 Å². The summed E-state index contributed by atoms with van der Waals surface area (Å²) in [5.74, 6) is -1.70. The molecule has 1 aliphatic carbocycles. The number of anilines is 1. The highest BCUT2D eigenvalue weighted by Gasteiger charge is 2.56. The maximum Gasteiger partial charge on any atom is 0.410 e. The van der Waals surface area contributed by atoms with Crippen LogP contribution in [0.5, 0.6) is 0 Å². The number of halogens is 4. The first-order valence-electron chi connectivity index (χ1n) is 16.6. The van der Waals surface area contributed by atoms with Crippen LogP contribution < -0.4 is 15.5 Å². The lowest BCUT2D eigenvalue weighted by molar-refractivity contribution is -0.186. The Morgan fingerprint density at radius 2 is 1.65 bits per heavy atom. The van der Waals surface area contributed by atoms with Gasteiger partial charge in [-0.05, 0) is 89.1 Å². The minimum atomic E-state index is -4.26. The van der Waals surface area contributed by atoms with E-state index in [0.717, 1.165) is 5.56 Å². The van der Waals surface area contributed by atoms with E-state index in [0.29, 0.717) is 48.9 Å². The van der Waals surface area contributed by atoms with E-state index in [1.54, 1.807) is 31.4 Å². The molecule has 3 fully saturated rings. The standard InChI is InChI=1S/C35H45ClF3N5O4/c1-33(2,3)42-31(46)24-7-14-29(41-19-24)44-17-15-23(16-18-44)30(45)34(21-40-20-28(34)22-5-10-26(36)11-6-22)43(4)32(47)48-27-12-8-25(9-13-27)35(37,38)39/h5-7,10-11,14,19,23,25,27-28,40H,8-9,12-13,15-18,20-21H2,1-4H3,(H,42,46)/t25?,27?,28-,34+/m0/s1. The molecule has 2 amide bonds. The lowest BCUT2D eigenvalue weighted by Crippen LogP contribution is -2.62. The van der Waals surface area contributed by atoms with E-state index in [1.165, 1.54) is 4.90 Å². The molecule has 2 aliphatic heterocycles. The summed E-state index contributed by atoms with van der Waals surface area (Å²) in [5, 5.41) is 6.82. The number of likely N-dealkylation sites (N-methyl/N-ethyl adjacent to an activating group) is 1. The molecule has 2 N–H and O–H groups in total. The number of alkyl halides is 3. The van der Waals surface area contributed by atoms with Crippen LogP contribution in [-0.2, 0) is 9.53 Å². The summed E-state index contributed by atoms with van der Waals surface area (Å²) in [6, 6.07) is 10.8. The molecule has 0 spiro atoms. The Labute approximate surface area is 284 Å². The van der Waals surface area contributed by atoms with Crippen molar-refractivity contribution in [3.05, 3.63) is 58.7 Å². The number of carbonyl (C=O) groups excluding carboxylic acids is 3. The lowest BCUT2D eigenvalue weighted by atomic mass is 9.72. The minimum absolute atomic E-state index is 0.0745. The summed E-state index contributed by atoms with van der Waals surface area (Å²) < 4.78 is 45.5. The Hall–Kier alpha value is -3.38. The fraction of sp³-hybridized carbons (Fsp3) is 0.600. The maximum atomic E-state index is 14.7. The molecule has 1 aromatic carbocycles. The SMILES string of the molecule is CN(C(=O)OC1CCC(C(F)(F)F)CC1)[C@]1(C(=O)C2CCN(c3ccc(C(=O)NC(C)(C)C)cn3)CC2)CNC[C@H]1c1ccc(Cl)cc1. The van der Waals surface area contributed by atoms with Crippen molar-refractivity contribution < 1.29 is 32.3 Å². The van der Waals surface area contributed by atoms with Crippen molar-refractivity contribution in [1.82, 2.24) is 20.5 Å². The molecule has 48 heavy (non-hydrogen) atoms. The van der Waals surface area contributed by atoms with Gasteiger partial charge in [-0.1, -0.05) is 23.7 Å². The quantitative estimate of drug-likeness (QED) is 0.348. The number of rotatable bonds is 7. The van der Waals surface area contributed by atoms with Crippen LogP contribution in [0.3, 0.4) is 0 Å². The summed E-state index contributed by atoms with van der Waals surface area (Å²) in [7, 11) is 1.56. The van der Waals surface area contributed by atoms with E-state index in [1.807, 2.05) is 39.0 Å². The van der Waals surface area contributed by atoms with E-state index in [2.05, 4.69) is 20.5 Å². The van der Waals surface area contributed by atoms with E-state index in [4.69, 9.17) is 16.3 Å². The van der Waals surface area contributed by atoms with Gasteiger partial charge in [0, 0.05) is 61.8 Å². The van der Waals surface area contributed by atoms with Gasteiger partial charge in [0.15, 0.2) is 5.78 Å². The number of benzene rings is 1. The number of ketones is 1. The first-order valence-corrected chi connectivity index (χ1v) is 17.0. The molecule has 0 unspecified atom stereocenters. The molecule has 0 bridgehead atoms. The molecule has 2 saturated heterocycles. The third-order valence-corrected chi connectivity index (χ3v) is 10.2. The third-order valence-electron chi connectivity index (χ3n) is 9.98. The van der Waals surface area contributed by atoms with Gasteiger partial charge >= 0.3 is 12.3 Å². The summed E-state index contributed by atoms with van der Waals surface area (Å²) in [6.07, 6.45) is -2.93. The van der Waals surface area contributed by atoms with Crippen molar-refractivity contribution in [2.45, 2.75) is 88.6 Å². The second-order valence-electron chi connectivity index (χ2n) is 14.4. The zero-order valence-electron chi connectivity index (χ0n) is 27.9. The smallest absolute Gasteiger partial charge is 0.410 e. The van der Waals surface area contributed by atoms with Crippen molar-refractivity contribution in [2.75, 3.05) is 38.1 Å². The molecule has 262 valence electrons. The Balaban J connectivity index is 1.31. The zero-order valence-corrected chi connectivity index (χ0v) is 28.7. The maximum absolute atomic E-state index is 14.7. The Kier molecular flexibility index (Phi) is 10.6. The van der Waals surface area contributed by atoms with Crippen LogP contribution in [0.2, 0.25) is 5.02 Å². The number of piperidine rings is 1. The summed E-state index contributed by atoms with van der Waals surface area (Å²) in [4.78, 5) is 49.0. The molecule has 1 aromatic heterocycles. The van der Waals surface area contributed by atoms with E-state index < -0.39 is 35.7 Å². The van der Waals surface area contributed by atoms with Crippen molar-refractivity contribution in [3.8, 4) is 0 Å². The monoisotopic (exact) mass is 691 g/mol. The second kappa shape index (κ2) is 14.2. The number of Topliss-reactive ketones (excluding diaryl/α,β-unsaturated/α-hetero) is 1. The molecule has 9 nitrogen and oxygen atoms in total. The van der Waals surface area contributed by atoms with Crippen molar-refractivity contribution in [3.63, 3.8) is 0 Å². The van der Waals surface area contributed by atoms with Gasteiger partial charge in [-0.2, -0.15) is 13.2 Å².